The van der Waals surface area contributed by atoms with E-state index in [4.69, 9.17) is 7.85 Å². The van der Waals surface area contributed by atoms with Crippen molar-refractivity contribution in [3.05, 3.63) is 24.0 Å². The zero-order valence-corrected chi connectivity index (χ0v) is 5.39. The molecule has 0 saturated carbocycles. The van der Waals surface area contributed by atoms with Crippen molar-refractivity contribution in [2.45, 2.75) is 6.18 Å². The maximum atomic E-state index is 11.8. The Morgan fingerprint density at radius 2 is 1.91 bits per heavy atom. The van der Waals surface area contributed by atoms with Gasteiger partial charge in [0.1, 0.15) is 13.5 Å². The number of alkyl halides is 3. The van der Waals surface area contributed by atoms with Crippen LogP contribution >= 0.6 is 0 Å². The second kappa shape index (κ2) is 2.56. The molecular weight excluding hydrogens is 154 g/mol. The predicted molar refractivity (Wildman–Crippen MR) is 34.6 cm³/mol. The first-order valence-electron chi connectivity index (χ1n) is 2.79. The Hall–Kier alpha value is -0.995. The van der Waals surface area contributed by atoms with Crippen molar-refractivity contribution in [1.82, 2.24) is 4.98 Å². The fraction of sp³-hybridized carbons (Fsp3) is 0.167. The monoisotopic (exact) mass is 157 g/mol. The first-order chi connectivity index (χ1) is 5.00. The zero-order chi connectivity index (χ0) is 8.48. The second-order valence-electron chi connectivity index (χ2n) is 1.97. The van der Waals surface area contributed by atoms with Gasteiger partial charge in [-0.1, -0.05) is 11.5 Å². The molecule has 1 rings (SSSR count). The fourth-order valence-corrected chi connectivity index (χ4v) is 0.573. The van der Waals surface area contributed by atoms with Crippen LogP contribution in [0.2, 0.25) is 0 Å². The van der Waals surface area contributed by atoms with Crippen LogP contribution in [0.25, 0.3) is 0 Å². The highest BCUT2D eigenvalue weighted by atomic mass is 19.4. The minimum atomic E-state index is -4.38. The molecule has 0 unspecified atom stereocenters. The third-order valence-corrected chi connectivity index (χ3v) is 1.08. The molecule has 1 heterocycles. The summed E-state index contributed by atoms with van der Waals surface area (Å²) in [6.45, 7) is 0. The van der Waals surface area contributed by atoms with Gasteiger partial charge in [-0.25, -0.2) is 0 Å². The van der Waals surface area contributed by atoms with Crippen molar-refractivity contribution in [3.8, 4) is 0 Å². The van der Waals surface area contributed by atoms with Gasteiger partial charge in [-0.3, -0.25) is 4.98 Å². The van der Waals surface area contributed by atoms with Gasteiger partial charge in [0.15, 0.2) is 0 Å². The minimum absolute atomic E-state index is 0.220. The van der Waals surface area contributed by atoms with E-state index in [1.807, 2.05) is 0 Å². The highest BCUT2D eigenvalue weighted by Gasteiger charge is 2.31. The molecule has 1 aromatic heterocycles. The summed E-state index contributed by atoms with van der Waals surface area (Å²) in [5.74, 6) is 0. The third kappa shape index (κ3) is 1.96. The van der Waals surface area contributed by atoms with Crippen LogP contribution < -0.4 is 5.46 Å². The summed E-state index contributed by atoms with van der Waals surface area (Å²) in [5, 5.41) is 0. The second-order valence-corrected chi connectivity index (χ2v) is 1.97. The number of rotatable bonds is 0. The summed E-state index contributed by atoms with van der Waals surface area (Å²) < 4.78 is 35.4. The zero-order valence-electron chi connectivity index (χ0n) is 5.39. The molecule has 0 atom stereocenters. The number of hydrogen-bond donors (Lipinski definition) is 0. The van der Waals surface area contributed by atoms with E-state index in [0.717, 1.165) is 18.3 Å². The molecule has 0 amide bonds. The van der Waals surface area contributed by atoms with Crippen LogP contribution in [-0.2, 0) is 6.18 Å². The molecule has 0 N–H and O–H groups in total. The largest absolute Gasteiger partial charge is 0.433 e. The van der Waals surface area contributed by atoms with Gasteiger partial charge in [-0.15, -0.1) is 0 Å². The number of pyridine rings is 1. The highest BCUT2D eigenvalue weighted by Crippen LogP contribution is 2.26. The lowest BCUT2D eigenvalue weighted by atomic mass is 9.99. The molecule has 2 radical (unpaired) electrons. The molecule has 1 nitrogen and oxygen atoms in total. The Morgan fingerprint density at radius 3 is 2.27 bits per heavy atom. The molecule has 56 valence electrons. The Labute approximate surface area is 62.7 Å². The molecule has 11 heavy (non-hydrogen) atoms. The minimum Gasteiger partial charge on any atom is -0.252 e. The van der Waals surface area contributed by atoms with E-state index < -0.39 is 11.9 Å². The molecule has 0 saturated heterocycles. The highest BCUT2D eigenvalue weighted by molar-refractivity contribution is 6.31. The quantitative estimate of drug-likeness (QED) is 0.509. The van der Waals surface area contributed by atoms with Gasteiger partial charge in [0.25, 0.3) is 0 Å². The number of nitrogens with zero attached hydrogens (tertiary/aromatic N) is 1. The molecule has 0 fully saturated rings. The van der Waals surface area contributed by atoms with Crippen molar-refractivity contribution in [2.75, 3.05) is 0 Å². The van der Waals surface area contributed by atoms with Gasteiger partial charge in [0.05, 0.1) is 0 Å². The molecule has 0 aliphatic heterocycles. The molecule has 0 spiro atoms. The van der Waals surface area contributed by atoms with Gasteiger partial charge < -0.3 is 0 Å². The van der Waals surface area contributed by atoms with Crippen LogP contribution in [0.5, 0.6) is 0 Å². The van der Waals surface area contributed by atoms with Crippen molar-refractivity contribution < 1.29 is 13.2 Å². The van der Waals surface area contributed by atoms with Crippen LogP contribution in [0, 0.1) is 0 Å². The summed E-state index contributed by atoms with van der Waals surface area (Å²) in [6.07, 6.45) is -3.41. The van der Waals surface area contributed by atoms with E-state index in [-0.39, 0.29) is 5.46 Å². The molecule has 0 aliphatic carbocycles. The summed E-state index contributed by atoms with van der Waals surface area (Å²) in [4.78, 5) is 3.10. The van der Waals surface area contributed by atoms with E-state index in [9.17, 15) is 13.2 Å². The first-order valence-corrected chi connectivity index (χ1v) is 2.79. The Balaban J connectivity index is 2.99. The molecule has 1 aromatic rings. The normalized spacial score (nSPS) is 11.5. The van der Waals surface area contributed by atoms with E-state index in [1.54, 1.807) is 0 Å². The first kappa shape index (κ1) is 8.10. The summed E-state index contributed by atoms with van der Waals surface area (Å²) in [6, 6.07) is 2.01. The van der Waals surface area contributed by atoms with Crippen LogP contribution in [-0.4, -0.2) is 12.8 Å². The summed E-state index contributed by atoms with van der Waals surface area (Å²) in [5.41, 5.74) is -0.704. The van der Waals surface area contributed by atoms with Crippen LogP contribution in [0.4, 0.5) is 13.2 Å². The van der Waals surface area contributed by atoms with Gasteiger partial charge >= 0.3 is 6.18 Å². The van der Waals surface area contributed by atoms with Gasteiger partial charge in [0.2, 0.25) is 0 Å². The van der Waals surface area contributed by atoms with E-state index >= 15 is 0 Å². The number of hydrogen-bond acceptors (Lipinski definition) is 1. The molecular formula is C6H3BF3N. The molecule has 0 bridgehead atoms. The molecule has 0 aromatic carbocycles. The molecule has 0 aliphatic rings. The van der Waals surface area contributed by atoms with E-state index in [0.29, 0.717) is 0 Å². The average molecular weight is 157 g/mol. The Morgan fingerprint density at radius 1 is 1.27 bits per heavy atom. The van der Waals surface area contributed by atoms with Crippen molar-refractivity contribution in [1.29, 1.82) is 0 Å². The van der Waals surface area contributed by atoms with Crippen molar-refractivity contribution in [3.63, 3.8) is 0 Å². The lowest BCUT2D eigenvalue weighted by molar-refractivity contribution is -0.141. The lowest BCUT2D eigenvalue weighted by Gasteiger charge is -2.04. The van der Waals surface area contributed by atoms with Gasteiger partial charge in [-0.2, -0.15) is 13.2 Å². The van der Waals surface area contributed by atoms with Crippen LogP contribution in [0.1, 0.15) is 5.69 Å². The maximum absolute atomic E-state index is 11.8. The van der Waals surface area contributed by atoms with Crippen LogP contribution in [0.15, 0.2) is 18.3 Å². The average Bonchev–Trinajstić information content (AvgIpc) is 1.86. The SMILES string of the molecule is [B]c1ccc(C(F)(F)F)nc1. The standard InChI is InChI=1S/C6H3BF3N/c7-4-1-2-5(11-3-4)6(8,9)10/h1-3H. The topological polar surface area (TPSA) is 12.9 Å². The van der Waals surface area contributed by atoms with Crippen molar-refractivity contribution in [2.24, 2.45) is 0 Å². The van der Waals surface area contributed by atoms with Crippen molar-refractivity contribution >= 4 is 13.3 Å². The van der Waals surface area contributed by atoms with E-state index in [2.05, 4.69) is 4.98 Å². The maximum Gasteiger partial charge on any atom is 0.433 e. The number of halogens is 3. The third-order valence-electron chi connectivity index (χ3n) is 1.08. The van der Waals surface area contributed by atoms with Gasteiger partial charge in [0, 0.05) is 6.20 Å². The summed E-state index contributed by atoms with van der Waals surface area (Å²) >= 11 is 0. The van der Waals surface area contributed by atoms with Crippen LogP contribution in [0.3, 0.4) is 0 Å². The molecule has 5 heteroatoms. The van der Waals surface area contributed by atoms with Gasteiger partial charge in [-0.05, 0) is 6.07 Å². The summed E-state index contributed by atoms with van der Waals surface area (Å²) in [7, 11) is 5.14. The van der Waals surface area contributed by atoms with E-state index in [1.165, 1.54) is 0 Å². The number of aromatic nitrogens is 1. The smallest absolute Gasteiger partial charge is 0.252 e. The Kier molecular flexibility index (Phi) is 1.89. The Bertz CT molecular complexity index is 241. The lowest BCUT2D eigenvalue weighted by Crippen LogP contribution is -2.11. The fourth-order valence-electron chi connectivity index (χ4n) is 0.573. The predicted octanol–water partition coefficient (Wildman–Crippen LogP) is 0.894.